The van der Waals surface area contributed by atoms with Gasteiger partial charge in [0.2, 0.25) is 5.91 Å². The standard InChI is InChI=1S/C22H26N4O2/c1-28-15-14-26-21(24-19-8-5-12-23-22(19)26)18-11-13-25(16-18)20(27)10-9-17-6-3-2-4-7-17/h2-8,12,18H,9-11,13-16H2,1H3. The van der Waals surface area contributed by atoms with Crippen molar-refractivity contribution in [3.05, 3.63) is 60.0 Å². The molecule has 1 unspecified atom stereocenters. The topological polar surface area (TPSA) is 60.2 Å². The summed E-state index contributed by atoms with van der Waals surface area (Å²) in [6.07, 6.45) is 4.08. The third-order valence-corrected chi connectivity index (χ3v) is 5.43. The maximum Gasteiger partial charge on any atom is 0.222 e. The zero-order valence-corrected chi connectivity index (χ0v) is 16.3. The number of aryl methyl sites for hydroxylation is 1. The predicted octanol–water partition coefficient (Wildman–Crippen LogP) is 3.03. The first kappa shape index (κ1) is 18.6. The van der Waals surface area contributed by atoms with Gasteiger partial charge in [-0.3, -0.25) is 4.79 Å². The van der Waals surface area contributed by atoms with E-state index in [4.69, 9.17) is 9.72 Å². The average molecular weight is 378 g/mol. The minimum atomic E-state index is 0.226. The number of nitrogens with zero attached hydrogens (tertiary/aromatic N) is 4. The molecule has 3 heterocycles. The van der Waals surface area contributed by atoms with Gasteiger partial charge in [-0.1, -0.05) is 30.3 Å². The highest BCUT2D eigenvalue weighted by Crippen LogP contribution is 2.29. The quantitative estimate of drug-likeness (QED) is 0.634. The predicted molar refractivity (Wildman–Crippen MR) is 108 cm³/mol. The Balaban J connectivity index is 1.45. The van der Waals surface area contributed by atoms with E-state index in [1.807, 2.05) is 35.2 Å². The number of carbonyl (C=O) groups excluding carboxylic acids is 1. The van der Waals surface area contributed by atoms with Crippen molar-refractivity contribution >= 4 is 17.1 Å². The van der Waals surface area contributed by atoms with Gasteiger partial charge in [0, 0.05) is 45.3 Å². The van der Waals surface area contributed by atoms with E-state index in [0.29, 0.717) is 13.0 Å². The Bertz CT molecular complexity index is 938. The molecule has 0 bridgehead atoms. The summed E-state index contributed by atoms with van der Waals surface area (Å²) >= 11 is 0. The molecule has 1 fully saturated rings. The molecule has 1 aliphatic rings. The zero-order chi connectivity index (χ0) is 19.3. The summed E-state index contributed by atoms with van der Waals surface area (Å²) in [7, 11) is 1.70. The average Bonchev–Trinajstić information content (AvgIpc) is 3.36. The molecule has 0 saturated carbocycles. The fraction of sp³-hybridized carbons (Fsp3) is 0.409. The lowest BCUT2D eigenvalue weighted by Crippen LogP contribution is -2.29. The largest absolute Gasteiger partial charge is 0.383 e. The maximum atomic E-state index is 12.7. The highest BCUT2D eigenvalue weighted by molar-refractivity contribution is 5.77. The molecule has 146 valence electrons. The molecule has 0 radical (unpaired) electrons. The molecule has 2 aromatic heterocycles. The molecule has 1 aromatic carbocycles. The SMILES string of the molecule is COCCn1c(C2CCN(C(=O)CCc3ccccc3)C2)nc2cccnc21. The fourth-order valence-corrected chi connectivity index (χ4v) is 3.94. The van der Waals surface area contributed by atoms with Crippen LogP contribution in [0.4, 0.5) is 0 Å². The summed E-state index contributed by atoms with van der Waals surface area (Å²) in [6.45, 7) is 2.85. The summed E-state index contributed by atoms with van der Waals surface area (Å²) in [5.74, 6) is 1.49. The van der Waals surface area contributed by atoms with Gasteiger partial charge in [0.15, 0.2) is 5.65 Å². The van der Waals surface area contributed by atoms with E-state index < -0.39 is 0 Å². The second-order valence-electron chi connectivity index (χ2n) is 7.27. The van der Waals surface area contributed by atoms with Gasteiger partial charge in [0.05, 0.1) is 6.61 Å². The van der Waals surface area contributed by atoms with Gasteiger partial charge in [-0.2, -0.15) is 0 Å². The lowest BCUT2D eigenvalue weighted by molar-refractivity contribution is -0.130. The van der Waals surface area contributed by atoms with Gasteiger partial charge < -0.3 is 14.2 Å². The molecule has 1 saturated heterocycles. The van der Waals surface area contributed by atoms with Crippen molar-refractivity contribution in [1.82, 2.24) is 19.4 Å². The number of pyridine rings is 1. The number of benzene rings is 1. The Kier molecular flexibility index (Phi) is 5.67. The van der Waals surface area contributed by atoms with Crippen LogP contribution in [-0.2, 0) is 22.5 Å². The van der Waals surface area contributed by atoms with Gasteiger partial charge in [-0.05, 0) is 30.5 Å². The number of amides is 1. The smallest absolute Gasteiger partial charge is 0.222 e. The third kappa shape index (κ3) is 3.92. The number of aromatic nitrogens is 3. The van der Waals surface area contributed by atoms with Crippen molar-refractivity contribution in [3.8, 4) is 0 Å². The van der Waals surface area contributed by atoms with Gasteiger partial charge in [0.25, 0.3) is 0 Å². The van der Waals surface area contributed by atoms with Crippen LogP contribution in [0.25, 0.3) is 11.2 Å². The molecule has 6 heteroatoms. The van der Waals surface area contributed by atoms with E-state index in [2.05, 4.69) is 21.7 Å². The molecule has 1 atom stereocenters. The van der Waals surface area contributed by atoms with Crippen LogP contribution in [0.15, 0.2) is 48.7 Å². The third-order valence-electron chi connectivity index (χ3n) is 5.43. The molecule has 6 nitrogen and oxygen atoms in total. The number of likely N-dealkylation sites (tertiary alicyclic amines) is 1. The monoisotopic (exact) mass is 378 g/mol. The molecule has 3 aromatic rings. The molecular weight excluding hydrogens is 352 g/mol. The van der Waals surface area contributed by atoms with E-state index in [1.165, 1.54) is 5.56 Å². The normalized spacial score (nSPS) is 16.8. The van der Waals surface area contributed by atoms with E-state index >= 15 is 0 Å². The highest BCUT2D eigenvalue weighted by atomic mass is 16.5. The summed E-state index contributed by atoms with van der Waals surface area (Å²) < 4.78 is 7.43. The van der Waals surface area contributed by atoms with Crippen LogP contribution in [0.5, 0.6) is 0 Å². The van der Waals surface area contributed by atoms with Crippen molar-refractivity contribution in [2.24, 2.45) is 0 Å². The Morgan fingerprint density at radius 1 is 1.21 bits per heavy atom. The first-order chi connectivity index (χ1) is 13.8. The number of fused-ring (bicyclic) bond motifs is 1. The molecular formula is C22H26N4O2. The van der Waals surface area contributed by atoms with Crippen LogP contribution < -0.4 is 0 Å². The van der Waals surface area contributed by atoms with Gasteiger partial charge >= 0.3 is 0 Å². The van der Waals surface area contributed by atoms with Gasteiger partial charge in [-0.15, -0.1) is 0 Å². The maximum absolute atomic E-state index is 12.7. The zero-order valence-electron chi connectivity index (χ0n) is 16.3. The Hall–Kier alpha value is -2.73. The van der Waals surface area contributed by atoms with Crippen LogP contribution in [0.3, 0.4) is 0 Å². The summed E-state index contributed by atoms with van der Waals surface area (Å²) in [5.41, 5.74) is 3.00. The van der Waals surface area contributed by atoms with Crippen molar-refractivity contribution in [2.75, 3.05) is 26.8 Å². The van der Waals surface area contributed by atoms with Crippen molar-refractivity contribution in [3.63, 3.8) is 0 Å². The Labute approximate surface area is 165 Å². The van der Waals surface area contributed by atoms with Gasteiger partial charge in [-0.25, -0.2) is 9.97 Å². The summed E-state index contributed by atoms with van der Waals surface area (Å²) in [6, 6.07) is 14.1. The molecule has 1 amide bonds. The lowest BCUT2D eigenvalue weighted by atomic mass is 10.1. The van der Waals surface area contributed by atoms with E-state index in [-0.39, 0.29) is 11.8 Å². The number of imidazole rings is 1. The molecule has 0 N–H and O–H groups in total. The van der Waals surface area contributed by atoms with Gasteiger partial charge in [0.1, 0.15) is 11.3 Å². The van der Waals surface area contributed by atoms with Crippen LogP contribution >= 0.6 is 0 Å². The minimum Gasteiger partial charge on any atom is -0.383 e. The van der Waals surface area contributed by atoms with Crippen LogP contribution in [0.1, 0.15) is 30.1 Å². The molecule has 0 spiro atoms. The number of rotatable bonds is 7. The van der Waals surface area contributed by atoms with E-state index in [0.717, 1.165) is 49.5 Å². The van der Waals surface area contributed by atoms with Crippen molar-refractivity contribution in [2.45, 2.75) is 31.7 Å². The van der Waals surface area contributed by atoms with Crippen LogP contribution in [-0.4, -0.2) is 52.1 Å². The van der Waals surface area contributed by atoms with E-state index in [9.17, 15) is 4.79 Å². The number of hydrogen-bond donors (Lipinski definition) is 0. The highest BCUT2D eigenvalue weighted by Gasteiger charge is 2.30. The number of carbonyl (C=O) groups is 1. The first-order valence-corrected chi connectivity index (χ1v) is 9.88. The minimum absolute atomic E-state index is 0.226. The van der Waals surface area contributed by atoms with Crippen molar-refractivity contribution < 1.29 is 9.53 Å². The molecule has 0 aliphatic carbocycles. The summed E-state index contributed by atoms with van der Waals surface area (Å²) in [5, 5.41) is 0. The van der Waals surface area contributed by atoms with E-state index in [1.54, 1.807) is 13.3 Å². The second-order valence-corrected chi connectivity index (χ2v) is 7.27. The Morgan fingerprint density at radius 3 is 2.89 bits per heavy atom. The molecule has 28 heavy (non-hydrogen) atoms. The first-order valence-electron chi connectivity index (χ1n) is 9.88. The second kappa shape index (κ2) is 8.52. The Morgan fingerprint density at radius 2 is 2.07 bits per heavy atom. The number of methoxy groups -OCH3 is 1. The lowest BCUT2D eigenvalue weighted by Gasteiger charge is -2.17. The number of hydrogen-bond acceptors (Lipinski definition) is 4. The summed E-state index contributed by atoms with van der Waals surface area (Å²) in [4.78, 5) is 24.0. The fourth-order valence-electron chi connectivity index (χ4n) is 3.94. The number of ether oxygens (including phenoxy) is 1. The molecule has 4 rings (SSSR count). The van der Waals surface area contributed by atoms with Crippen LogP contribution in [0, 0.1) is 0 Å². The van der Waals surface area contributed by atoms with Crippen LogP contribution in [0.2, 0.25) is 0 Å². The van der Waals surface area contributed by atoms with Crippen molar-refractivity contribution in [1.29, 1.82) is 0 Å². The molecule has 1 aliphatic heterocycles.